The zero-order valence-corrected chi connectivity index (χ0v) is 17.6. The molecule has 0 aliphatic heterocycles. The lowest BCUT2D eigenvalue weighted by Crippen LogP contribution is -2.23. The summed E-state index contributed by atoms with van der Waals surface area (Å²) < 4.78 is 2.26. The minimum absolute atomic E-state index is 0.110. The molecule has 0 aliphatic rings. The molecule has 0 radical (unpaired) electrons. The van der Waals surface area contributed by atoms with E-state index in [0.29, 0.717) is 12.1 Å². The zero-order chi connectivity index (χ0) is 20.3. The highest BCUT2D eigenvalue weighted by Gasteiger charge is 2.09. The van der Waals surface area contributed by atoms with E-state index in [-0.39, 0.29) is 5.91 Å². The molecule has 0 bridgehead atoms. The molecule has 2 aromatic heterocycles. The lowest BCUT2D eigenvalue weighted by atomic mass is 10.1. The van der Waals surface area contributed by atoms with Gasteiger partial charge in [0.2, 0.25) is 0 Å². The van der Waals surface area contributed by atoms with Crippen LogP contribution in [0.5, 0.6) is 0 Å². The predicted octanol–water partition coefficient (Wildman–Crippen LogP) is 5.39. The summed E-state index contributed by atoms with van der Waals surface area (Å²) >= 11 is 3.43. The van der Waals surface area contributed by atoms with Crippen molar-refractivity contribution in [2.75, 3.05) is 0 Å². The van der Waals surface area contributed by atoms with Crippen molar-refractivity contribution in [1.29, 1.82) is 0 Å². The smallest absolute Gasteiger partial charge is 0.251 e. The first-order valence-corrected chi connectivity index (χ1v) is 11.3. The Morgan fingerprint density at radius 1 is 0.933 bits per heavy atom. The molecule has 5 nitrogen and oxygen atoms in total. The topological polar surface area (TPSA) is 70.7 Å². The van der Waals surface area contributed by atoms with Gasteiger partial charge in [-0.2, -0.15) is 0 Å². The summed E-state index contributed by atoms with van der Waals surface area (Å²) in [5.74, 6) is 1.45. The molecule has 0 unspecified atom stereocenters. The number of hydrogen-bond donors (Lipinski definition) is 2. The van der Waals surface area contributed by atoms with E-state index in [2.05, 4.69) is 26.3 Å². The van der Waals surface area contributed by atoms with Crippen molar-refractivity contribution in [3.8, 4) is 0 Å². The molecule has 5 aromatic rings. The third-order valence-electron chi connectivity index (χ3n) is 4.71. The van der Waals surface area contributed by atoms with Gasteiger partial charge in [-0.1, -0.05) is 48.2 Å². The van der Waals surface area contributed by atoms with Crippen molar-refractivity contribution < 1.29 is 4.79 Å². The second-order valence-electron chi connectivity index (χ2n) is 6.82. The van der Waals surface area contributed by atoms with E-state index in [9.17, 15) is 4.79 Å². The minimum Gasteiger partial charge on any atom is -0.345 e. The number of para-hydroxylation sites is 3. The number of hydrogen-bond acceptors (Lipinski definition) is 5. The molecule has 0 aliphatic carbocycles. The van der Waals surface area contributed by atoms with E-state index in [1.54, 1.807) is 23.1 Å². The largest absolute Gasteiger partial charge is 0.345 e. The Kier molecular flexibility index (Phi) is 5.21. The van der Waals surface area contributed by atoms with Crippen LogP contribution in [0, 0.1) is 0 Å². The summed E-state index contributed by atoms with van der Waals surface area (Å²) in [4.78, 5) is 24.8. The summed E-state index contributed by atoms with van der Waals surface area (Å²) in [5, 5.41) is 2.92. The summed E-state index contributed by atoms with van der Waals surface area (Å²) in [5.41, 5.74) is 4.71. The Balaban J connectivity index is 1.18. The molecule has 0 atom stereocenters. The number of aromatic amines is 1. The second kappa shape index (κ2) is 8.30. The quantitative estimate of drug-likeness (QED) is 0.354. The van der Waals surface area contributed by atoms with Gasteiger partial charge in [0.15, 0.2) is 4.34 Å². The average molecular weight is 431 g/mol. The van der Waals surface area contributed by atoms with Crippen LogP contribution >= 0.6 is 23.1 Å². The third-order valence-corrected chi connectivity index (χ3v) is 6.96. The van der Waals surface area contributed by atoms with Gasteiger partial charge in [0, 0.05) is 11.3 Å². The second-order valence-corrected chi connectivity index (χ2v) is 9.07. The van der Waals surface area contributed by atoms with Crippen LogP contribution in [0.15, 0.2) is 77.1 Å². The summed E-state index contributed by atoms with van der Waals surface area (Å²) in [6.45, 7) is 0.364. The van der Waals surface area contributed by atoms with Gasteiger partial charge < -0.3 is 10.3 Å². The Morgan fingerprint density at radius 3 is 2.50 bits per heavy atom. The summed E-state index contributed by atoms with van der Waals surface area (Å²) in [7, 11) is 0. The number of fused-ring (bicyclic) bond motifs is 2. The highest BCUT2D eigenvalue weighted by Crippen LogP contribution is 2.31. The van der Waals surface area contributed by atoms with E-state index in [0.717, 1.165) is 38.0 Å². The van der Waals surface area contributed by atoms with E-state index >= 15 is 0 Å². The molecule has 2 heterocycles. The van der Waals surface area contributed by atoms with Crippen LogP contribution in [0.2, 0.25) is 0 Å². The van der Waals surface area contributed by atoms with Crippen molar-refractivity contribution in [3.63, 3.8) is 0 Å². The number of rotatable bonds is 6. The fraction of sp³-hybridized carbons (Fsp3) is 0.0870. The van der Waals surface area contributed by atoms with Crippen LogP contribution in [-0.2, 0) is 12.3 Å². The average Bonchev–Trinajstić information content (AvgIpc) is 3.39. The lowest BCUT2D eigenvalue weighted by Gasteiger charge is -2.05. The maximum absolute atomic E-state index is 12.5. The molecule has 0 spiro atoms. The highest BCUT2D eigenvalue weighted by atomic mass is 32.2. The standard InChI is InChI=1S/C23H18N4OS2/c28-22(24-13-21-25-17-5-1-2-6-18(17)26-21)16-11-9-15(10-12-16)14-29-23-27-19-7-3-4-8-20(19)30-23/h1-12H,13-14H2,(H,24,28)(H,25,26). The lowest BCUT2D eigenvalue weighted by molar-refractivity contribution is 0.0950. The number of H-pyrrole nitrogens is 1. The van der Waals surface area contributed by atoms with Gasteiger partial charge in [-0.3, -0.25) is 4.79 Å². The van der Waals surface area contributed by atoms with Crippen molar-refractivity contribution in [3.05, 3.63) is 89.7 Å². The van der Waals surface area contributed by atoms with Gasteiger partial charge >= 0.3 is 0 Å². The molecule has 3 aromatic carbocycles. The predicted molar refractivity (Wildman–Crippen MR) is 123 cm³/mol. The van der Waals surface area contributed by atoms with Gasteiger partial charge in [0.05, 0.1) is 27.8 Å². The van der Waals surface area contributed by atoms with Crippen molar-refractivity contribution >= 4 is 50.3 Å². The Bertz CT molecular complexity index is 1260. The van der Waals surface area contributed by atoms with Crippen LogP contribution in [-0.4, -0.2) is 20.9 Å². The molecule has 2 N–H and O–H groups in total. The molecule has 30 heavy (non-hydrogen) atoms. The Morgan fingerprint density at radius 2 is 1.70 bits per heavy atom. The van der Waals surface area contributed by atoms with Gasteiger partial charge in [-0.05, 0) is 42.0 Å². The molecule has 0 saturated carbocycles. The highest BCUT2D eigenvalue weighted by molar-refractivity contribution is 8.00. The van der Waals surface area contributed by atoms with Crippen molar-refractivity contribution in [1.82, 2.24) is 20.3 Å². The molecule has 0 saturated heterocycles. The molecule has 7 heteroatoms. The molecular formula is C23H18N4OS2. The van der Waals surface area contributed by atoms with Crippen LogP contribution in [0.1, 0.15) is 21.7 Å². The summed E-state index contributed by atoms with van der Waals surface area (Å²) in [6.07, 6.45) is 0. The van der Waals surface area contributed by atoms with Crippen LogP contribution < -0.4 is 5.32 Å². The summed E-state index contributed by atoms with van der Waals surface area (Å²) in [6, 6.07) is 23.7. The number of carbonyl (C=O) groups is 1. The van der Waals surface area contributed by atoms with Crippen molar-refractivity contribution in [2.24, 2.45) is 0 Å². The third kappa shape index (κ3) is 4.08. The molecular weight excluding hydrogens is 412 g/mol. The monoisotopic (exact) mass is 430 g/mol. The minimum atomic E-state index is -0.110. The number of imidazole rings is 1. The number of carbonyl (C=O) groups excluding carboxylic acids is 1. The fourth-order valence-electron chi connectivity index (χ4n) is 3.17. The number of nitrogens with one attached hydrogen (secondary N) is 2. The maximum atomic E-state index is 12.5. The number of nitrogens with zero attached hydrogens (tertiary/aromatic N) is 2. The van der Waals surface area contributed by atoms with Gasteiger partial charge in [0.25, 0.3) is 5.91 Å². The van der Waals surface area contributed by atoms with Crippen LogP contribution in [0.25, 0.3) is 21.3 Å². The fourth-order valence-corrected chi connectivity index (χ4v) is 5.19. The maximum Gasteiger partial charge on any atom is 0.251 e. The number of thiazole rings is 1. The molecule has 1 amide bonds. The van der Waals surface area contributed by atoms with Crippen molar-refractivity contribution in [2.45, 2.75) is 16.6 Å². The van der Waals surface area contributed by atoms with E-state index < -0.39 is 0 Å². The number of benzene rings is 3. The van der Waals surface area contributed by atoms with Crippen LogP contribution in [0.3, 0.4) is 0 Å². The number of aromatic nitrogens is 3. The van der Waals surface area contributed by atoms with Gasteiger partial charge in [-0.15, -0.1) is 11.3 Å². The Hall–Kier alpha value is -3.16. The van der Waals surface area contributed by atoms with E-state index in [4.69, 9.17) is 0 Å². The molecule has 148 valence electrons. The normalized spacial score (nSPS) is 11.2. The molecule has 5 rings (SSSR count). The van der Waals surface area contributed by atoms with Crippen LogP contribution in [0.4, 0.5) is 0 Å². The number of thioether (sulfide) groups is 1. The SMILES string of the molecule is O=C(NCc1nc2ccccc2[nH]1)c1ccc(CSc2nc3ccccc3s2)cc1. The van der Waals surface area contributed by atoms with E-state index in [1.807, 2.05) is 66.7 Å². The Labute approximate surface area is 181 Å². The number of amides is 1. The van der Waals surface area contributed by atoms with Gasteiger partial charge in [0.1, 0.15) is 5.82 Å². The van der Waals surface area contributed by atoms with Gasteiger partial charge in [-0.25, -0.2) is 9.97 Å². The molecule has 0 fully saturated rings. The first-order valence-electron chi connectivity index (χ1n) is 9.54. The zero-order valence-electron chi connectivity index (χ0n) is 16.0. The first kappa shape index (κ1) is 18.8. The van der Waals surface area contributed by atoms with E-state index in [1.165, 1.54) is 4.70 Å². The first-order chi connectivity index (χ1) is 14.7.